The maximum absolute atomic E-state index is 12.6. The molecule has 2 heterocycles. The lowest BCUT2D eigenvalue weighted by molar-refractivity contribution is -0.125. The lowest BCUT2D eigenvalue weighted by Crippen LogP contribution is -2.46. The van der Waals surface area contributed by atoms with Gasteiger partial charge in [0, 0.05) is 18.9 Å². The summed E-state index contributed by atoms with van der Waals surface area (Å²) in [6, 6.07) is 9.59. The van der Waals surface area contributed by atoms with Gasteiger partial charge in [-0.15, -0.1) is 0 Å². The molecule has 0 aliphatic carbocycles. The van der Waals surface area contributed by atoms with Gasteiger partial charge in [0.1, 0.15) is 0 Å². The van der Waals surface area contributed by atoms with Crippen molar-refractivity contribution in [1.29, 1.82) is 0 Å². The van der Waals surface area contributed by atoms with E-state index < -0.39 is 0 Å². The predicted molar refractivity (Wildman–Crippen MR) is 82.4 cm³/mol. The van der Waals surface area contributed by atoms with Crippen LogP contribution in [-0.2, 0) is 4.79 Å². The van der Waals surface area contributed by atoms with Gasteiger partial charge in [-0.3, -0.25) is 4.79 Å². The molecule has 5 nitrogen and oxygen atoms in total. The first kappa shape index (κ1) is 13.8. The first-order valence-electron chi connectivity index (χ1n) is 7.30. The van der Waals surface area contributed by atoms with E-state index in [1.807, 2.05) is 43.5 Å². The van der Waals surface area contributed by atoms with Gasteiger partial charge in [0.15, 0.2) is 0 Å². The summed E-state index contributed by atoms with van der Waals surface area (Å²) in [5.41, 5.74) is 1.32. The maximum Gasteiger partial charge on any atom is 0.231 e. The first-order chi connectivity index (χ1) is 10.2. The molecule has 1 aromatic heterocycles. The second-order valence-electron chi connectivity index (χ2n) is 5.76. The second kappa shape index (κ2) is 5.69. The zero-order chi connectivity index (χ0) is 14.7. The molecule has 1 atom stereocenters. The molecule has 1 amide bonds. The van der Waals surface area contributed by atoms with Crippen molar-refractivity contribution in [1.82, 2.24) is 15.1 Å². The number of amides is 1. The number of hydrogen-bond acceptors (Lipinski definition) is 3. The minimum Gasteiger partial charge on any atom is -0.324 e. The molecule has 110 valence electrons. The highest BCUT2D eigenvalue weighted by Gasteiger charge is 2.34. The van der Waals surface area contributed by atoms with Crippen molar-refractivity contribution in [3.63, 3.8) is 0 Å². The summed E-state index contributed by atoms with van der Waals surface area (Å²) in [5.74, 6) is 0.0642. The van der Waals surface area contributed by atoms with Crippen molar-refractivity contribution in [3.05, 3.63) is 42.7 Å². The largest absolute Gasteiger partial charge is 0.324 e. The van der Waals surface area contributed by atoms with Crippen LogP contribution in [-0.4, -0.2) is 28.8 Å². The minimum atomic E-state index is -0.352. The summed E-state index contributed by atoms with van der Waals surface area (Å²) in [5, 5.41) is 10.6. The highest BCUT2D eigenvalue weighted by molar-refractivity contribution is 5.97. The summed E-state index contributed by atoms with van der Waals surface area (Å²) < 4.78 is 1.76. The molecule has 0 bridgehead atoms. The molecule has 3 rings (SSSR count). The third kappa shape index (κ3) is 2.83. The van der Waals surface area contributed by atoms with Crippen LogP contribution in [0.1, 0.15) is 19.8 Å². The van der Waals surface area contributed by atoms with Gasteiger partial charge in [-0.25, -0.2) is 4.68 Å². The van der Waals surface area contributed by atoms with Gasteiger partial charge in [-0.2, -0.15) is 5.10 Å². The number of piperidine rings is 1. The highest BCUT2D eigenvalue weighted by Crippen LogP contribution is 2.28. The van der Waals surface area contributed by atoms with Gasteiger partial charge >= 0.3 is 0 Å². The number of carbonyl (C=O) groups excluding carboxylic acids is 1. The Hall–Kier alpha value is -2.14. The zero-order valence-corrected chi connectivity index (χ0v) is 12.2. The average molecular weight is 284 g/mol. The molecule has 1 aliphatic rings. The standard InChI is InChI=1S/C16H20N4O/c1-16(8-4-9-17-12-16)15(21)19-13-6-2-3-7-14(13)20-11-5-10-18-20/h2-3,5-7,10-11,17H,4,8-9,12H2,1H3,(H,19,21). The molecule has 1 fully saturated rings. The minimum absolute atomic E-state index is 0.0642. The fourth-order valence-corrected chi connectivity index (χ4v) is 2.71. The second-order valence-corrected chi connectivity index (χ2v) is 5.76. The highest BCUT2D eigenvalue weighted by atomic mass is 16.2. The molecule has 1 aliphatic heterocycles. The Morgan fingerprint density at radius 3 is 2.95 bits per heavy atom. The first-order valence-corrected chi connectivity index (χ1v) is 7.30. The molecule has 0 saturated carbocycles. The predicted octanol–water partition coefficient (Wildman–Crippen LogP) is 2.20. The van der Waals surface area contributed by atoms with E-state index in [1.54, 1.807) is 10.9 Å². The van der Waals surface area contributed by atoms with E-state index in [4.69, 9.17) is 0 Å². The number of para-hydroxylation sites is 2. The van der Waals surface area contributed by atoms with E-state index in [0.717, 1.165) is 37.3 Å². The average Bonchev–Trinajstić information content (AvgIpc) is 3.02. The molecular formula is C16H20N4O. The Morgan fingerprint density at radius 2 is 2.24 bits per heavy atom. The molecule has 1 unspecified atom stereocenters. The number of hydrogen-bond donors (Lipinski definition) is 2. The lowest BCUT2D eigenvalue weighted by Gasteiger charge is -2.32. The topological polar surface area (TPSA) is 59.0 Å². The van der Waals surface area contributed by atoms with Crippen LogP contribution in [0.3, 0.4) is 0 Å². The summed E-state index contributed by atoms with van der Waals surface area (Å²) in [7, 11) is 0. The molecule has 1 saturated heterocycles. The Kier molecular flexibility index (Phi) is 3.75. The number of rotatable bonds is 3. The summed E-state index contributed by atoms with van der Waals surface area (Å²) in [6.45, 7) is 3.74. The summed E-state index contributed by atoms with van der Waals surface area (Å²) in [6.07, 6.45) is 5.54. The van der Waals surface area contributed by atoms with Crippen molar-refractivity contribution in [2.75, 3.05) is 18.4 Å². The molecular weight excluding hydrogens is 264 g/mol. The van der Waals surface area contributed by atoms with Crippen LogP contribution in [0.25, 0.3) is 5.69 Å². The zero-order valence-electron chi connectivity index (χ0n) is 12.2. The number of carbonyl (C=O) groups is 1. The van der Waals surface area contributed by atoms with E-state index in [-0.39, 0.29) is 11.3 Å². The van der Waals surface area contributed by atoms with Crippen LogP contribution in [0.4, 0.5) is 5.69 Å². The quantitative estimate of drug-likeness (QED) is 0.908. The molecule has 2 N–H and O–H groups in total. The fourth-order valence-electron chi connectivity index (χ4n) is 2.71. The number of anilines is 1. The van der Waals surface area contributed by atoms with Gasteiger partial charge in [0.05, 0.1) is 16.8 Å². The lowest BCUT2D eigenvalue weighted by atomic mass is 9.82. The number of nitrogens with one attached hydrogen (secondary N) is 2. The van der Waals surface area contributed by atoms with Crippen molar-refractivity contribution < 1.29 is 4.79 Å². The number of nitrogens with zero attached hydrogens (tertiary/aromatic N) is 2. The molecule has 5 heteroatoms. The molecule has 1 aromatic carbocycles. The fraction of sp³-hybridized carbons (Fsp3) is 0.375. The van der Waals surface area contributed by atoms with Crippen LogP contribution in [0, 0.1) is 5.41 Å². The Bertz CT molecular complexity index is 615. The van der Waals surface area contributed by atoms with Crippen molar-refractivity contribution in [2.45, 2.75) is 19.8 Å². The van der Waals surface area contributed by atoms with Gasteiger partial charge in [0.25, 0.3) is 0 Å². The van der Waals surface area contributed by atoms with E-state index in [9.17, 15) is 4.79 Å². The molecule has 0 spiro atoms. The Labute approximate surface area is 124 Å². The van der Waals surface area contributed by atoms with Crippen molar-refractivity contribution in [2.24, 2.45) is 5.41 Å². The number of aromatic nitrogens is 2. The van der Waals surface area contributed by atoms with Crippen LogP contribution in [0.5, 0.6) is 0 Å². The van der Waals surface area contributed by atoms with Gasteiger partial charge in [-0.1, -0.05) is 12.1 Å². The van der Waals surface area contributed by atoms with Crippen LogP contribution < -0.4 is 10.6 Å². The van der Waals surface area contributed by atoms with E-state index in [2.05, 4.69) is 15.7 Å². The van der Waals surface area contributed by atoms with E-state index >= 15 is 0 Å². The van der Waals surface area contributed by atoms with E-state index in [1.165, 1.54) is 0 Å². The van der Waals surface area contributed by atoms with Crippen molar-refractivity contribution >= 4 is 11.6 Å². The van der Waals surface area contributed by atoms with Crippen LogP contribution in [0.2, 0.25) is 0 Å². The molecule has 0 radical (unpaired) electrons. The van der Waals surface area contributed by atoms with Crippen LogP contribution in [0.15, 0.2) is 42.7 Å². The third-order valence-corrected chi connectivity index (χ3v) is 4.05. The van der Waals surface area contributed by atoms with E-state index in [0.29, 0.717) is 0 Å². The SMILES string of the molecule is CC1(C(=O)Nc2ccccc2-n2cccn2)CCCNC1. The third-order valence-electron chi connectivity index (χ3n) is 4.05. The Morgan fingerprint density at radius 1 is 1.38 bits per heavy atom. The Balaban J connectivity index is 1.83. The van der Waals surface area contributed by atoms with Crippen molar-refractivity contribution in [3.8, 4) is 5.69 Å². The summed E-state index contributed by atoms with van der Waals surface area (Å²) in [4.78, 5) is 12.6. The monoisotopic (exact) mass is 284 g/mol. The van der Waals surface area contributed by atoms with Crippen LogP contribution >= 0.6 is 0 Å². The maximum atomic E-state index is 12.6. The normalized spacial score (nSPS) is 22.0. The number of benzene rings is 1. The molecule has 2 aromatic rings. The van der Waals surface area contributed by atoms with Gasteiger partial charge in [0.2, 0.25) is 5.91 Å². The smallest absolute Gasteiger partial charge is 0.231 e. The summed E-state index contributed by atoms with van der Waals surface area (Å²) >= 11 is 0. The molecule has 21 heavy (non-hydrogen) atoms. The van der Waals surface area contributed by atoms with Gasteiger partial charge in [-0.05, 0) is 44.5 Å². The van der Waals surface area contributed by atoms with Gasteiger partial charge < -0.3 is 10.6 Å².